The van der Waals surface area contributed by atoms with Crippen LogP contribution in [0.15, 0.2) is 30.3 Å². The van der Waals surface area contributed by atoms with Gasteiger partial charge in [0.1, 0.15) is 5.78 Å². The topological polar surface area (TPSA) is 55.8 Å². The molecule has 2 saturated heterocycles. The first-order chi connectivity index (χ1) is 12.0. The van der Waals surface area contributed by atoms with Gasteiger partial charge in [0, 0.05) is 18.4 Å². The molecule has 0 saturated carbocycles. The fraction of sp³-hybridized carbons (Fsp3) is 0.600. The minimum Gasteiger partial charge on any atom is -0.348 e. The molecule has 5 heteroatoms. The molecule has 0 aliphatic carbocycles. The van der Waals surface area contributed by atoms with Crippen molar-refractivity contribution in [3.05, 3.63) is 35.9 Å². The first-order valence-corrected chi connectivity index (χ1v) is 9.08. The van der Waals surface area contributed by atoms with Crippen LogP contribution < -0.4 is 0 Å². The Morgan fingerprint density at radius 3 is 2.56 bits per heavy atom. The van der Waals surface area contributed by atoms with Gasteiger partial charge in [-0.05, 0) is 38.7 Å². The van der Waals surface area contributed by atoms with Crippen molar-refractivity contribution in [1.29, 1.82) is 0 Å². The molecule has 2 fully saturated rings. The van der Waals surface area contributed by atoms with Gasteiger partial charge in [0.25, 0.3) is 0 Å². The minimum absolute atomic E-state index is 0.0292. The van der Waals surface area contributed by atoms with Crippen molar-refractivity contribution in [3.63, 3.8) is 0 Å². The summed E-state index contributed by atoms with van der Waals surface area (Å²) >= 11 is 0. The van der Waals surface area contributed by atoms with Crippen LogP contribution in [0.5, 0.6) is 0 Å². The number of hydrogen-bond donors (Lipinski definition) is 0. The molecule has 0 N–H and O–H groups in total. The molecule has 2 aliphatic heterocycles. The van der Waals surface area contributed by atoms with Crippen LogP contribution in [0.25, 0.3) is 0 Å². The molecule has 136 valence electrons. The Kier molecular flexibility index (Phi) is 5.54. The highest BCUT2D eigenvalue weighted by atomic mass is 16.7. The van der Waals surface area contributed by atoms with E-state index in [0.717, 1.165) is 19.3 Å². The predicted molar refractivity (Wildman–Crippen MR) is 94.0 cm³/mol. The summed E-state index contributed by atoms with van der Waals surface area (Å²) in [5.41, 5.74) is 1.20. The van der Waals surface area contributed by atoms with Gasteiger partial charge in [0.05, 0.1) is 19.8 Å². The third-order valence-electron chi connectivity index (χ3n) is 5.18. The third kappa shape index (κ3) is 4.47. The second-order valence-electron chi connectivity index (χ2n) is 7.31. The van der Waals surface area contributed by atoms with Crippen LogP contribution in [0.1, 0.15) is 38.7 Å². The van der Waals surface area contributed by atoms with Gasteiger partial charge in [-0.3, -0.25) is 9.59 Å². The summed E-state index contributed by atoms with van der Waals surface area (Å²) in [4.78, 5) is 26.3. The molecule has 2 aliphatic rings. The number of ketones is 1. The number of rotatable bonds is 7. The van der Waals surface area contributed by atoms with Gasteiger partial charge in [-0.2, -0.15) is 0 Å². The number of ether oxygens (including phenoxy) is 2. The molecule has 0 spiro atoms. The molecular formula is C20H27NO4. The van der Waals surface area contributed by atoms with Crippen LogP contribution in [-0.4, -0.2) is 48.2 Å². The highest BCUT2D eigenvalue weighted by Gasteiger charge is 2.41. The van der Waals surface area contributed by atoms with Crippen molar-refractivity contribution in [3.8, 4) is 0 Å². The molecular weight excluding hydrogens is 318 g/mol. The zero-order chi connectivity index (χ0) is 17.9. The maximum atomic E-state index is 12.8. The van der Waals surface area contributed by atoms with E-state index in [1.165, 1.54) is 5.56 Å². The Balaban J connectivity index is 1.66. The van der Waals surface area contributed by atoms with E-state index in [1.807, 2.05) is 25.1 Å². The van der Waals surface area contributed by atoms with Gasteiger partial charge in [0.15, 0.2) is 5.79 Å². The van der Waals surface area contributed by atoms with Crippen LogP contribution in [0.2, 0.25) is 0 Å². The van der Waals surface area contributed by atoms with Crippen LogP contribution in [-0.2, 0) is 25.5 Å². The van der Waals surface area contributed by atoms with E-state index >= 15 is 0 Å². The average molecular weight is 345 g/mol. The lowest BCUT2D eigenvalue weighted by atomic mass is 9.94. The van der Waals surface area contributed by atoms with Gasteiger partial charge >= 0.3 is 0 Å². The summed E-state index contributed by atoms with van der Waals surface area (Å²) < 4.78 is 11.3. The van der Waals surface area contributed by atoms with Crippen molar-refractivity contribution in [2.75, 3.05) is 19.8 Å². The van der Waals surface area contributed by atoms with E-state index in [4.69, 9.17) is 9.47 Å². The van der Waals surface area contributed by atoms with E-state index in [1.54, 1.807) is 11.8 Å². The molecule has 2 unspecified atom stereocenters. The van der Waals surface area contributed by atoms with Crippen molar-refractivity contribution >= 4 is 11.7 Å². The zero-order valence-electron chi connectivity index (χ0n) is 15.1. The normalized spacial score (nSPS) is 25.5. The Morgan fingerprint density at radius 2 is 1.92 bits per heavy atom. The molecule has 3 rings (SSSR count). The Morgan fingerprint density at radius 1 is 1.24 bits per heavy atom. The second-order valence-corrected chi connectivity index (χ2v) is 7.31. The highest BCUT2D eigenvalue weighted by molar-refractivity contribution is 5.87. The standard InChI is InChI=1S/C20H27NO4/c1-15(22)14-21-18(12-16-6-4-3-5-7-16)13-17(19(21)23)8-9-20(2)24-10-11-25-20/h3-7,17-18H,8-14H2,1-2H3. The van der Waals surface area contributed by atoms with E-state index in [-0.39, 0.29) is 30.2 Å². The maximum Gasteiger partial charge on any atom is 0.226 e. The Hall–Kier alpha value is -1.72. The summed E-state index contributed by atoms with van der Waals surface area (Å²) in [7, 11) is 0. The van der Waals surface area contributed by atoms with Crippen LogP contribution in [0.4, 0.5) is 0 Å². The Labute approximate surface area is 149 Å². The molecule has 0 radical (unpaired) electrons. The molecule has 2 atom stereocenters. The number of carbonyl (C=O) groups excluding carboxylic acids is 2. The van der Waals surface area contributed by atoms with Gasteiger partial charge in [0.2, 0.25) is 5.91 Å². The molecule has 25 heavy (non-hydrogen) atoms. The Bertz CT molecular complexity index is 609. The smallest absolute Gasteiger partial charge is 0.226 e. The second kappa shape index (κ2) is 7.67. The van der Waals surface area contributed by atoms with E-state index in [9.17, 15) is 9.59 Å². The largest absolute Gasteiger partial charge is 0.348 e. The predicted octanol–water partition coefficient (Wildman–Crippen LogP) is 2.58. The molecule has 1 aromatic carbocycles. The fourth-order valence-electron chi connectivity index (χ4n) is 3.88. The lowest BCUT2D eigenvalue weighted by Gasteiger charge is -2.24. The molecule has 5 nitrogen and oxygen atoms in total. The minimum atomic E-state index is -0.566. The van der Waals surface area contributed by atoms with Gasteiger partial charge < -0.3 is 14.4 Å². The summed E-state index contributed by atoms with van der Waals surface area (Å²) in [6.45, 7) is 4.91. The molecule has 1 amide bonds. The first-order valence-electron chi connectivity index (χ1n) is 9.08. The first kappa shape index (κ1) is 18.1. The van der Waals surface area contributed by atoms with Crippen LogP contribution in [0.3, 0.4) is 0 Å². The number of likely N-dealkylation sites (tertiary alicyclic amines) is 1. The van der Waals surface area contributed by atoms with Crippen molar-refractivity contribution in [2.45, 2.75) is 51.4 Å². The summed E-state index contributed by atoms with van der Waals surface area (Å²) in [5.74, 6) is -0.500. The summed E-state index contributed by atoms with van der Waals surface area (Å²) in [5, 5.41) is 0. The zero-order valence-corrected chi connectivity index (χ0v) is 15.1. The maximum absolute atomic E-state index is 12.8. The average Bonchev–Trinajstić information content (AvgIpc) is 3.13. The number of hydrogen-bond acceptors (Lipinski definition) is 4. The lowest BCUT2D eigenvalue weighted by Crippen LogP contribution is -2.38. The quantitative estimate of drug-likeness (QED) is 0.762. The number of nitrogens with zero attached hydrogens (tertiary/aromatic N) is 1. The van der Waals surface area contributed by atoms with Crippen molar-refractivity contribution in [1.82, 2.24) is 4.90 Å². The number of amides is 1. The van der Waals surface area contributed by atoms with E-state index in [0.29, 0.717) is 19.6 Å². The lowest BCUT2D eigenvalue weighted by molar-refractivity contribution is -0.151. The third-order valence-corrected chi connectivity index (χ3v) is 5.18. The van der Waals surface area contributed by atoms with Gasteiger partial charge in [-0.25, -0.2) is 0 Å². The van der Waals surface area contributed by atoms with Crippen LogP contribution >= 0.6 is 0 Å². The summed E-state index contributed by atoms with van der Waals surface area (Å²) in [6, 6.07) is 10.2. The number of carbonyl (C=O) groups is 2. The summed E-state index contributed by atoms with van der Waals surface area (Å²) in [6.07, 6.45) is 3.02. The molecule has 0 bridgehead atoms. The van der Waals surface area contributed by atoms with E-state index in [2.05, 4.69) is 12.1 Å². The highest BCUT2D eigenvalue weighted by Crippen LogP contribution is 2.34. The fourth-order valence-corrected chi connectivity index (χ4v) is 3.88. The molecule has 2 heterocycles. The number of benzene rings is 1. The van der Waals surface area contributed by atoms with Crippen molar-refractivity contribution in [2.24, 2.45) is 5.92 Å². The van der Waals surface area contributed by atoms with Crippen molar-refractivity contribution < 1.29 is 19.1 Å². The van der Waals surface area contributed by atoms with Gasteiger partial charge in [-0.15, -0.1) is 0 Å². The van der Waals surface area contributed by atoms with Crippen LogP contribution in [0, 0.1) is 5.92 Å². The van der Waals surface area contributed by atoms with E-state index < -0.39 is 5.79 Å². The monoisotopic (exact) mass is 345 g/mol. The number of Topliss-reactive ketones (excluding diaryl/α,β-unsaturated/α-hetero) is 1. The van der Waals surface area contributed by atoms with Gasteiger partial charge in [-0.1, -0.05) is 30.3 Å². The SMILES string of the molecule is CC(=O)CN1C(=O)C(CCC2(C)OCCO2)CC1Cc1ccccc1. The molecule has 0 aromatic heterocycles. The molecule has 1 aromatic rings.